The zero-order chi connectivity index (χ0) is 14.5. The lowest BCUT2D eigenvalue weighted by atomic mass is 10.1. The first kappa shape index (κ1) is 14.7. The second kappa shape index (κ2) is 6.71. The van der Waals surface area contributed by atoms with Crippen LogP contribution in [0.1, 0.15) is 18.4 Å². The highest BCUT2D eigenvalue weighted by Gasteiger charge is 2.40. The van der Waals surface area contributed by atoms with Crippen LogP contribution in [0.3, 0.4) is 0 Å². The summed E-state index contributed by atoms with van der Waals surface area (Å²) in [5, 5.41) is 3.02. The van der Waals surface area contributed by atoms with Crippen molar-refractivity contribution in [1.29, 1.82) is 0 Å². The number of rotatable bonds is 3. The van der Waals surface area contributed by atoms with Gasteiger partial charge in [-0.2, -0.15) is 0 Å². The molecule has 21 heavy (non-hydrogen) atoms. The fourth-order valence-corrected chi connectivity index (χ4v) is 4.08. The van der Waals surface area contributed by atoms with Gasteiger partial charge in [0, 0.05) is 38.2 Å². The van der Waals surface area contributed by atoms with Gasteiger partial charge in [0.15, 0.2) is 0 Å². The summed E-state index contributed by atoms with van der Waals surface area (Å²) >= 11 is 1.91. The lowest BCUT2D eigenvalue weighted by Gasteiger charge is -2.37. The van der Waals surface area contributed by atoms with Gasteiger partial charge in [0.25, 0.3) is 0 Å². The molecular formula is C16H22N2O2S. The number of hydrogen-bond acceptors (Lipinski definition) is 3. The van der Waals surface area contributed by atoms with Crippen molar-refractivity contribution in [2.24, 2.45) is 0 Å². The maximum Gasteiger partial charge on any atom is 0.317 e. The van der Waals surface area contributed by atoms with E-state index in [4.69, 9.17) is 4.74 Å². The van der Waals surface area contributed by atoms with Gasteiger partial charge in [0.1, 0.15) is 4.93 Å². The van der Waals surface area contributed by atoms with E-state index in [0.29, 0.717) is 6.54 Å². The third-order valence-corrected chi connectivity index (χ3v) is 5.58. The standard InChI is InChI=1S/C16H22N2O2S/c19-15(17-9-6-14-4-2-1-3-5-14)18-10-7-16(8-11-18)20-12-13-21-16/h1-5H,6-13H2,(H,17,19). The Balaban J connectivity index is 1.40. The second-order valence-corrected chi connectivity index (χ2v) is 7.00. The molecule has 1 spiro atoms. The molecule has 0 unspecified atom stereocenters. The van der Waals surface area contributed by atoms with Crippen molar-refractivity contribution < 1.29 is 9.53 Å². The molecule has 1 aromatic rings. The van der Waals surface area contributed by atoms with Crippen molar-refractivity contribution in [1.82, 2.24) is 10.2 Å². The maximum atomic E-state index is 12.2. The van der Waals surface area contributed by atoms with E-state index in [-0.39, 0.29) is 11.0 Å². The molecule has 2 aliphatic rings. The van der Waals surface area contributed by atoms with Crippen LogP contribution < -0.4 is 5.32 Å². The lowest BCUT2D eigenvalue weighted by Crippen LogP contribution is -2.49. The highest BCUT2D eigenvalue weighted by molar-refractivity contribution is 8.00. The van der Waals surface area contributed by atoms with E-state index >= 15 is 0 Å². The van der Waals surface area contributed by atoms with E-state index in [1.807, 2.05) is 34.9 Å². The number of nitrogens with one attached hydrogen (secondary N) is 1. The zero-order valence-electron chi connectivity index (χ0n) is 12.2. The minimum absolute atomic E-state index is 0.000812. The van der Waals surface area contributed by atoms with Crippen molar-refractivity contribution in [3.63, 3.8) is 0 Å². The van der Waals surface area contributed by atoms with E-state index in [1.54, 1.807) is 0 Å². The van der Waals surface area contributed by atoms with Crippen LogP contribution in [0.25, 0.3) is 0 Å². The van der Waals surface area contributed by atoms with Gasteiger partial charge in [-0.1, -0.05) is 30.3 Å². The summed E-state index contributed by atoms with van der Waals surface area (Å²) in [7, 11) is 0. The van der Waals surface area contributed by atoms with Crippen LogP contribution in [0.5, 0.6) is 0 Å². The van der Waals surface area contributed by atoms with Crippen LogP contribution in [-0.4, -0.2) is 47.9 Å². The molecule has 114 valence electrons. The number of hydrogen-bond donors (Lipinski definition) is 1. The molecule has 0 aromatic heterocycles. The quantitative estimate of drug-likeness (QED) is 0.933. The number of urea groups is 1. The summed E-state index contributed by atoms with van der Waals surface area (Å²) < 4.78 is 5.85. The number of nitrogens with zero attached hydrogens (tertiary/aromatic N) is 1. The molecule has 3 rings (SSSR count). The molecule has 2 fully saturated rings. The zero-order valence-corrected chi connectivity index (χ0v) is 13.0. The van der Waals surface area contributed by atoms with Crippen LogP contribution in [0.15, 0.2) is 30.3 Å². The number of amides is 2. The van der Waals surface area contributed by atoms with Crippen LogP contribution in [0.4, 0.5) is 4.79 Å². The summed E-state index contributed by atoms with van der Waals surface area (Å²) in [4.78, 5) is 14.1. The van der Waals surface area contributed by atoms with Gasteiger partial charge in [0.2, 0.25) is 0 Å². The second-order valence-electron chi connectivity index (χ2n) is 5.56. The lowest BCUT2D eigenvalue weighted by molar-refractivity contribution is 0.00948. The number of likely N-dealkylation sites (tertiary alicyclic amines) is 1. The Hall–Kier alpha value is -1.20. The summed E-state index contributed by atoms with van der Waals surface area (Å²) in [6, 6.07) is 10.3. The van der Waals surface area contributed by atoms with Gasteiger partial charge in [-0.25, -0.2) is 4.79 Å². The number of carbonyl (C=O) groups is 1. The van der Waals surface area contributed by atoms with Gasteiger partial charge < -0.3 is 15.0 Å². The topological polar surface area (TPSA) is 41.6 Å². The van der Waals surface area contributed by atoms with Crippen LogP contribution in [0.2, 0.25) is 0 Å². The molecule has 2 amide bonds. The van der Waals surface area contributed by atoms with Crippen molar-refractivity contribution in [2.45, 2.75) is 24.2 Å². The third-order valence-electron chi connectivity index (χ3n) is 4.16. The fraction of sp³-hybridized carbons (Fsp3) is 0.562. The SMILES string of the molecule is O=C(NCCc1ccccc1)N1CCC2(CC1)OCCS2. The molecule has 2 heterocycles. The highest BCUT2D eigenvalue weighted by Crippen LogP contribution is 2.41. The first-order valence-corrected chi connectivity index (χ1v) is 8.61. The molecule has 1 aromatic carbocycles. The van der Waals surface area contributed by atoms with Crippen LogP contribution >= 0.6 is 11.8 Å². The maximum absolute atomic E-state index is 12.2. The average Bonchev–Trinajstić information content (AvgIpc) is 2.97. The molecule has 0 radical (unpaired) electrons. The van der Waals surface area contributed by atoms with Gasteiger partial charge in [-0.05, 0) is 12.0 Å². The van der Waals surface area contributed by atoms with Crippen molar-refractivity contribution in [3.05, 3.63) is 35.9 Å². The minimum atomic E-state index is 0.000812. The predicted octanol–water partition coefficient (Wildman–Crippen LogP) is 2.49. The minimum Gasteiger partial charge on any atom is -0.363 e. The monoisotopic (exact) mass is 306 g/mol. The molecule has 0 bridgehead atoms. The summed E-state index contributed by atoms with van der Waals surface area (Å²) in [6.45, 7) is 3.14. The van der Waals surface area contributed by atoms with Gasteiger partial charge in [-0.3, -0.25) is 0 Å². The molecule has 4 nitrogen and oxygen atoms in total. The average molecular weight is 306 g/mol. The Morgan fingerprint density at radius 2 is 2.05 bits per heavy atom. The number of carbonyl (C=O) groups excluding carboxylic acids is 1. The predicted molar refractivity (Wildman–Crippen MR) is 85.5 cm³/mol. The Morgan fingerprint density at radius 1 is 1.29 bits per heavy atom. The first-order chi connectivity index (χ1) is 10.3. The Labute approximate surface area is 130 Å². The van der Waals surface area contributed by atoms with E-state index in [0.717, 1.165) is 44.7 Å². The molecule has 0 atom stereocenters. The Bertz CT molecular complexity index is 464. The molecular weight excluding hydrogens is 284 g/mol. The van der Waals surface area contributed by atoms with E-state index in [9.17, 15) is 4.79 Å². The summed E-state index contributed by atoms with van der Waals surface area (Å²) in [5.41, 5.74) is 1.26. The molecule has 2 saturated heterocycles. The Kier molecular flexibility index (Phi) is 4.70. The smallest absolute Gasteiger partial charge is 0.317 e. The van der Waals surface area contributed by atoms with Crippen molar-refractivity contribution >= 4 is 17.8 Å². The molecule has 0 saturated carbocycles. The van der Waals surface area contributed by atoms with Crippen molar-refractivity contribution in [2.75, 3.05) is 32.0 Å². The summed E-state index contributed by atoms with van der Waals surface area (Å²) in [5.74, 6) is 1.09. The van der Waals surface area contributed by atoms with Crippen molar-refractivity contribution in [3.8, 4) is 0 Å². The normalized spacial score (nSPS) is 20.7. The van der Waals surface area contributed by atoms with E-state index in [1.165, 1.54) is 5.56 Å². The highest BCUT2D eigenvalue weighted by atomic mass is 32.2. The largest absolute Gasteiger partial charge is 0.363 e. The molecule has 1 N–H and O–H groups in total. The van der Waals surface area contributed by atoms with Gasteiger partial charge in [-0.15, -0.1) is 11.8 Å². The molecule has 2 aliphatic heterocycles. The van der Waals surface area contributed by atoms with Gasteiger partial charge >= 0.3 is 6.03 Å². The summed E-state index contributed by atoms with van der Waals surface area (Å²) in [6.07, 6.45) is 2.77. The number of piperidine rings is 1. The molecule has 5 heteroatoms. The van der Waals surface area contributed by atoms with Crippen LogP contribution in [-0.2, 0) is 11.2 Å². The number of benzene rings is 1. The van der Waals surface area contributed by atoms with E-state index in [2.05, 4.69) is 17.4 Å². The number of thioether (sulfide) groups is 1. The third kappa shape index (κ3) is 3.71. The van der Waals surface area contributed by atoms with E-state index < -0.39 is 0 Å². The van der Waals surface area contributed by atoms with Gasteiger partial charge in [0.05, 0.1) is 6.61 Å². The molecule has 0 aliphatic carbocycles. The van der Waals surface area contributed by atoms with Crippen LogP contribution in [0, 0.1) is 0 Å². The number of ether oxygens (including phenoxy) is 1. The Morgan fingerprint density at radius 3 is 2.71 bits per heavy atom. The first-order valence-electron chi connectivity index (χ1n) is 7.62. The fourth-order valence-electron chi connectivity index (χ4n) is 2.91.